The molecule has 0 saturated heterocycles. The van der Waals surface area contributed by atoms with Crippen molar-refractivity contribution in [3.05, 3.63) is 23.3 Å². The molecule has 0 unspecified atom stereocenters. The molecule has 3 N–H and O–H groups in total. The van der Waals surface area contributed by atoms with Crippen molar-refractivity contribution in [2.24, 2.45) is 22.7 Å². The van der Waals surface area contributed by atoms with Crippen molar-refractivity contribution >= 4 is 11.6 Å². The Morgan fingerprint density at radius 2 is 2.00 bits per heavy atom. The van der Waals surface area contributed by atoms with Crippen molar-refractivity contribution in [2.45, 2.75) is 70.2 Å². The van der Waals surface area contributed by atoms with E-state index < -0.39 is 46.5 Å². The number of halogens is 1. The van der Waals surface area contributed by atoms with Gasteiger partial charge in [0, 0.05) is 23.2 Å². The second-order valence-corrected chi connectivity index (χ2v) is 9.72. The lowest BCUT2D eigenvalue weighted by Crippen LogP contribution is -2.69. The van der Waals surface area contributed by atoms with Crippen LogP contribution in [0.4, 0.5) is 4.39 Å². The minimum atomic E-state index is -1.98. The zero-order valence-electron chi connectivity index (χ0n) is 16.7. The van der Waals surface area contributed by atoms with E-state index in [9.17, 15) is 24.9 Å². The molecule has 4 aliphatic rings. The molecule has 4 rings (SSSR count). The number of aliphatic hydroxyl groups excluding tert-OH is 2. The first-order valence-electron chi connectivity index (χ1n) is 10.1. The highest BCUT2D eigenvalue weighted by Gasteiger charge is 2.74. The van der Waals surface area contributed by atoms with E-state index in [-0.39, 0.29) is 31.0 Å². The summed E-state index contributed by atoms with van der Waals surface area (Å²) in [7, 11) is 0. The van der Waals surface area contributed by atoms with Crippen molar-refractivity contribution in [2.75, 3.05) is 6.61 Å². The topological polar surface area (TPSA) is 94.8 Å². The summed E-state index contributed by atoms with van der Waals surface area (Å²) >= 11 is 0. The summed E-state index contributed by atoms with van der Waals surface area (Å²) in [6.45, 7) is 4.62. The number of Topliss-reactive ketones (excluding diaryl/α,β-unsaturated/α-hetero) is 1. The molecule has 0 radical (unpaired) electrons. The largest absolute Gasteiger partial charge is 0.390 e. The Hall–Kier alpha value is -1.37. The van der Waals surface area contributed by atoms with E-state index in [0.29, 0.717) is 18.4 Å². The molecule has 2 fully saturated rings. The van der Waals surface area contributed by atoms with E-state index in [1.165, 1.54) is 6.08 Å². The Balaban J connectivity index is 1.89. The average Bonchev–Trinajstić information content (AvgIpc) is 2.91. The fourth-order valence-corrected chi connectivity index (χ4v) is 7.00. The maximum Gasteiger partial charge on any atom is 0.190 e. The lowest BCUT2D eigenvalue weighted by molar-refractivity contribution is -0.210. The molecule has 0 aliphatic heterocycles. The quantitative estimate of drug-likeness (QED) is 0.669. The molecule has 7 atom stereocenters. The number of fused-ring (bicyclic) bond motifs is 5. The van der Waals surface area contributed by atoms with Crippen LogP contribution in [0.5, 0.6) is 0 Å². The van der Waals surface area contributed by atoms with Gasteiger partial charge < -0.3 is 15.3 Å². The van der Waals surface area contributed by atoms with Gasteiger partial charge in [0.05, 0.1) is 6.10 Å². The van der Waals surface area contributed by atoms with Crippen LogP contribution in [0.2, 0.25) is 0 Å². The minimum Gasteiger partial charge on any atom is -0.390 e. The van der Waals surface area contributed by atoms with Gasteiger partial charge in [-0.2, -0.15) is 0 Å². The minimum absolute atomic E-state index is 0.0267. The summed E-state index contributed by atoms with van der Waals surface area (Å²) < 4.78 is 16.9. The maximum absolute atomic E-state index is 16.9. The zero-order chi connectivity index (χ0) is 20.7. The molecule has 5 nitrogen and oxygen atoms in total. The van der Waals surface area contributed by atoms with Crippen LogP contribution in [-0.4, -0.2) is 50.9 Å². The van der Waals surface area contributed by atoms with Crippen LogP contribution in [0.25, 0.3) is 0 Å². The third kappa shape index (κ3) is 2.06. The SMILES string of the molecule is CC1=C[C@H]2[C@@H]3CC[C@](O)(C(=O)CO)[C@@]3(C)C[C@H](O)[C@]2(F)[C@@]2(C)CCC(=O)C=C12. The molecule has 0 amide bonds. The van der Waals surface area contributed by atoms with E-state index in [1.54, 1.807) is 19.9 Å². The number of carbonyl (C=O) groups is 2. The van der Waals surface area contributed by atoms with Crippen LogP contribution >= 0.6 is 0 Å². The van der Waals surface area contributed by atoms with Crippen molar-refractivity contribution in [1.82, 2.24) is 0 Å². The highest BCUT2D eigenvalue weighted by atomic mass is 19.1. The number of aliphatic hydroxyl groups is 3. The Morgan fingerprint density at radius 3 is 2.64 bits per heavy atom. The number of allylic oxidation sites excluding steroid dienone is 4. The standard InChI is InChI=1S/C22H29FO5/c1-12-8-16-14-5-7-21(28,18(27)11-24)20(14,3)10-17(26)22(16,23)19(2)6-4-13(25)9-15(12)19/h8-9,14,16-17,24,26,28H,4-7,10-11H2,1-3H3/t14-,16-,17-,19-,20-,21-,22-/m0/s1. The third-order valence-corrected chi connectivity index (χ3v) is 8.68. The monoisotopic (exact) mass is 392 g/mol. The van der Waals surface area contributed by atoms with E-state index in [0.717, 1.165) is 5.57 Å². The number of alkyl halides is 1. The number of ketones is 2. The first-order chi connectivity index (χ1) is 13.0. The molecule has 0 bridgehead atoms. The Kier molecular flexibility index (Phi) is 4.15. The van der Waals surface area contributed by atoms with Crippen LogP contribution in [0, 0.1) is 22.7 Å². The summed E-state index contributed by atoms with van der Waals surface area (Å²) in [6, 6.07) is 0. The second-order valence-electron chi connectivity index (χ2n) is 9.72. The van der Waals surface area contributed by atoms with Crippen LogP contribution in [-0.2, 0) is 9.59 Å². The molecule has 0 heterocycles. The molecule has 2 saturated carbocycles. The number of hydrogen-bond acceptors (Lipinski definition) is 5. The molecule has 28 heavy (non-hydrogen) atoms. The molecule has 4 aliphatic carbocycles. The molecule has 0 aromatic heterocycles. The predicted octanol–water partition coefficient (Wildman–Crippen LogP) is 2.04. The van der Waals surface area contributed by atoms with Gasteiger partial charge in [-0.05, 0) is 50.2 Å². The Bertz CT molecular complexity index is 818. The highest BCUT2D eigenvalue weighted by molar-refractivity contribution is 5.93. The van der Waals surface area contributed by atoms with Gasteiger partial charge in [0.1, 0.15) is 12.2 Å². The van der Waals surface area contributed by atoms with Crippen LogP contribution in [0.1, 0.15) is 52.9 Å². The third-order valence-electron chi connectivity index (χ3n) is 8.68. The van der Waals surface area contributed by atoms with Gasteiger partial charge in [0.15, 0.2) is 17.2 Å². The van der Waals surface area contributed by atoms with Crippen molar-refractivity contribution in [3.8, 4) is 0 Å². The highest BCUT2D eigenvalue weighted by Crippen LogP contribution is 2.69. The van der Waals surface area contributed by atoms with E-state index >= 15 is 4.39 Å². The first kappa shape index (κ1) is 19.9. The van der Waals surface area contributed by atoms with Gasteiger partial charge in [-0.1, -0.05) is 25.5 Å². The molecule has 0 aromatic carbocycles. The van der Waals surface area contributed by atoms with Crippen molar-refractivity contribution in [1.29, 1.82) is 0 Å². The predicted molar refractivity (Wildman–Crippen MR) is 100 cm³/mol. The fourth-order valence-electron chi connectivity index (χ4n) is 7.00. The average molecular weight is 392 g/mol. The first-order valence-corrected chi connectivity index (χ1v) is 10.1. The number of hydrogen-bond donors (Lipinski definition) is 3. The maximum atomic E-state index is 16.9. The summed E-state index contributed by atoms with van der Waals surface area (Å²) in [5.41, 5.74) is -4.27. The molecule has 0 spiro atoms. The summed E-state index contributed by atoms with van der Waals surface area (Å²) in [4.78, 5) is 24.4. The summed E-state index contributed by atoms with van der Waals surface area (Å²) in [5.74, 6) is -1.70. The number of carbonyl (C=O) groups excluding carboxylic acids is 2. The van der Waals surface area contributed by atoms with E-state index in [4.69, 9.17) is 0 Å². The summed E-state index contributed by atoms with van der Waals surface area (Å²) in [6.07, 6.45) is 3.04. The zero-order valence-corrected chi connectivity index (χ0v) is 16.7. The van der Waals surface area contributed by atoms with Gasteiger partial charge in [0.2, 0.25) is 0 Å². The number of rotatable bonds is 2. The molecule has 154 valence electrons. The Morgan fingerprint density at radius 1 is 1.32 bits per heavy atom. The van der Waals surface area contributed by atoms with Crippen molar-refractivity contribution < 1.29 is 29.3 Å². The van der Waals surface area contributed by atoms with Crippen molar-refractivity contribution in [3.63, 3.8) is 0 Å². The molecular formula is C22H29FO5. The smallest absolute Gasteiger partial charge is 0.190 e. The van der Waals surface area contributed by atoms with Crippen LogP contribution in [0.3, 0.4) is 0 Å². The van der Waals surface area contributed by atoms with Gasteiger partial charge in [-0.15, -0.1) is 0 Å². The van der Waals surface area contributed by atoms with E-state index in [1.807, 2.05) is 6.92 Å². The van der Waals surface area contributed by atoms with Crippen LogP contribution < -0.4 is 0 Å². The lowest BCUT2D eigenvalue weighted by atomic mass is 9.44. The Labute approximate surface area is 164 Å². The fraction of sp³-hybridized carbons (Fsp3) is 0.727. The molecule has 0 aromatic rings. The summed E-state index contributed by atoms with van der Waals surface area (Å²) in [5, 5.41) is 31.7. The van der Waals surface area contributed by atoms with E-state index in [2.05, 4.69) is 0 Å². The van der Waals surface area contributed by atoms with Gasteiger partial charge in [-0.25, -0.2) is 4.39 Å². The van der Waals surface area contributed by atoms with Gasteiger partial charge >= 0.3 is 0 Å². The van der Waals surface area contributed by atoms with Gasteiger partial charge in [-0.3, -0.25) is 9.59 Å². The second kappa shape index (κ2) is 5.83. The lowest BCUT2D eigenvalue weighted by Gasteiger charge is -2.62. The van der Waals surface area contributed by atoms with Gasteiger partial charge in [0.25, 0.3) is 0 Å². The van der Waals surface area contributed by atoms with Crippen LogP contribution in [0.15, 0.2) is 23.3 Å². The molecule has 6 heteroatoms. The molecular weight excluding hydrogens is 363 g/mol. The normalized spacial score (nSPS) is 50.2.